The molecule has 6 heteroatoms. The minimum Gasteiger partial charge on any atom is -0.356 e. The van der Waals surface area contributed by atoms with Gasteiger partial charge in [-0.15, -0.1) is 0 Å². The van der Waals surface area contributed by atoms with Crippen molar-refractivity contribution >= 4 is 40.5 Å². The summed E-state index contributed by atoms with van der Waals surface area (Å²) in [6.45, 7) is 6.25. The summed E-state index contributed by atoms with van der Waals surface area (Å²) in [6, 6.07) is 7.39. The number of halogens is 2. The lowest BCUT2D eigenvalue weighted by Gasteiger charge is -2.32. The van der Waals surface area contributed by atoms with Crippen LogP contribution in [0.15, 0.2) is 24.3 Å². The second kappa shape index (κ2) is 6.93. The molecule has 0 aliphatic carbocycles. The number of nitrogens with zero attached hydrogens (tertiary/aromatic N) is 3. The van der Waals surface area contributed by atoms with Crippen LogP contribution in [-0.2, 0) is 0 Å². The highest BCUT2D eigenvalue weighted by atomic mass is 35.5. The van der Waals surface area contributed by atoms with Gasteiger partial charge in [0.2, 0.25) is 0 Å². The van der Waals surface area contributed by atoms with Crippen LogP contribution < -0.4 is 10.2 Å². The molecule has 1 aromatic heterocycles. The van der Waals surface area contributed by atoms with E-state index in [1.807, 2.05) is 19.1 Å². The van der Waals surface area contributed by atoms with Crippen molar-refractivity contribution in [3.8, 4) is 0 Å². The molecule has 1 aliphatic heterocycles. The van der Waals surface area contributed by atoms with Gasteiger partial charge in [-0.05, 0) is 37.8 Å². The second-order valence-corrected chi connectivity index (χ2v) is 6.89. The fourth-order valence-corrected chi connectivity index (χ4v) is 3.41. The molecule has 1 aromatic carbocycles. The molecule has 1 atom stereocenters. The van der Waals surface area contributed by atoms with Crippen LogP contribution in [0.4, 0.5) is 17.3 Å². The molecule has 1 saturated heterocycles. The SMILES string of the molecule is Cc1nc(Nc2c(Cl)cccc2Cl)cc(N2CCCC(C)C2)n1. The van der Waals surface area contributed by atoms with Gasteiger partial charge in [-0.1, -0.05) is 36.2 Å². The minimum atomic E-state index is 0.571. The largest absolute Gasteiger partial charge is 0.356 e. The van der Waals surface area contributed by atoms with E-state index in [9.17, 15) is 0 Å². The van der Waals surface area contributed by atoms with E-state index in [0.29, 0.717) is 27.5 Å². The Bertz CT molecular complexity index is 685. The topological polar surface area (TPSA) is 41.1 Å². The van der Waals surface area contributed by atoms with Crippen molar-refractivity contribution in [3.05, 3.63) is 40.1 Å². The lowest BCUT2D eigenvalue weighted by Crippen LogP contribution is -2.35. The lowest BCUT2D eigenvalue weighted by atomic mass is 10.0. The molecule has 0 amide bonds. The maximum atomic E-state index is 6.23. The Morgan fingerprint density at radius 2 is 1.96 bits per heavy atom. The molecule has 23 heavy (non-hydrogen) atoms. The summed E-state index contributed by atoms with van der Waals surface area (Å²) in [7, 11) is 0. The van der Waals surface area contributed by atoms with E-state index >= 15 is 0 Å². The summed E-state index contributed by atoms with van der Waals surface area (Å²) in [4.78, 5) is 11.4. The van der Waals surface area contributed by atoms with E-state index < -0.39 is 0 Å². The Kier molecular flexibility index (Phi) is 4.93. The van der Waals surface area contributed by atoms with Gasteiger partial charge in [0.25, 0.3) is 0 Å². The van der Waals surface area contributed by atoms with E-state index in [4.69, 9.17) is 23.2 Å². The van der Waals surface area contributed by atoms with Crippen LogP contribution in [0.1, 0.15) is 25.6 Å². The van der Waals surface area contributed by atoms with Crippen LogP contribution in [0.25, 0.3) is 0 Å². The van der Waals surface area contributed by atoms with Crippen molar-refractivity contribution in [2.24, 2.45) is 5.92 Å². The van der Waals surface area contributed by atoms with Gasteiger partial charge in [0.1, 0.15) is 17.5 Å². The predicted octanol–water partition coefficient (Wildman–Crippen LogP) is 5.07. The van der Waals surface area contributed by atoms with Crippen LogP contribution >= 0.6 is 23.2 Å². The third-order valence-corrected chi connectivity index (χ3v) is 4.65. The first-order valence-corrected chi connectivity index (χ1v) is 8.60. The maximum absolute atomic E-state index is 6.23. The lowest BCUT2D eigenvalue weighted by molar-refractivity contribution is 0.444. The zero-order chi connectivity index (χ0) is 16.4. The normalized spacial score (nSPS) is 18.1. The highest BCUT2D eigenvalue weighted by molar-refractivity contribution is 6.39. The van der Waals surface area contributed by atoms with E-state index in [1.54, 1.807) is 12.1 Å². The molecule has 3 rings (SSSR count). The quantitative estimate of drug-likeness (QED) is 0.838. The Hall–Kier alpha value is -1.52. The van der Waals surface area contributed by atoms with Crippen LogP contribution in [0, 0.1) is 12.8 Å². The summed E-state index contributed by atoms with van der Waals surface area (Å²) in [5.41, 5.74) is 0.673. The smallest absolute Gasteiger partial charge is 0.136 e. The van der Waals surface area contributed by atoms with Crippen molar-refractivity contribution in [1.29, 1.82) is 0 Å². The van der Waals surface area contributed by atoms with Crippen LogP contribution in [-0.4, -0.2) is 23.1 Å². The van der Waals surface area contributed by atoms with Crippen LogP contribution in [0.3, 0.4) is 0 Å². The maximum Gasteiger partial charge on any atom is 0.136 e. The van der Waals surface area contributed by atoms with Gasteiger partial charge in [-0.3, -0.25) is 0 Å². The Morgan fingerprint density at radius 1 is 1.22 bits per heavy atom. The highest BCUT2D eigenvalue weighted by Crippen LogP contribution is 2.33. The minimum absolute atomic E-state index is 0.571. The number of para-hydroxylation sites is 1. The fourth-order valence-electron chi connectivity index (χ4n) is 2.92. The molecule has 0 spiro atoms. The van der Waals surface area contributed by atoms with E-state index in [1.165, 1.54) is 12.8 Å². The van der Waals surface area contributed by atoms with Crippen molar-refractivity contribution in [2.75, 3.05) is 23.3 Å². The van der Waals surface area contributed by atoms with Crippen molar-refractivity contribution < 1.29 is 0 Å². The number of aryl methyl sites for hydroxylation is 1. The molecule has 122 valence electrons. The molecule has 0 saturated carbocycles. The number of piperidine rings is 1. The molecule has 1 aliphatic rings. The van der Waals surface area contributed by atoms with Crippen molar-refractivity contribution in [2.45, 2.75) is 26.7 Å². The van der Waals surface area contributed by atoms with Crippen molar-refractivity contribution in [1.82, 2.24) is 9.97 Å². The first-order valence-electron chi connectivity index (χ1n) is 7.84. The number of benzene rings is 1. The Balaban J connectivity index is 1.88. The van der Waals surface area contributed by atoms with Crippen LogP contribution in [0.2, 0.25) is 10.0 Å². The molecule has 0 bridgehead atoms. The molecule has 2 aromatic rings. The molecule has 2 heterocycles. The Labute approximate surface area is 146 Å². The van der Waals surface area contributed by atoms with Gasteiger partial charge in [0, 0.05) is 19.2 Å². The average Bonchev–Trinajstić information content (AvgIpc) is 2.51. The first kappa shape index (κ1) is 16.3. The van der Waals surface area contributed by atoms with Crippen molar-refractivity contribution in [3.63, 3.8) is 0 Å². The van der Waals surface area contributed by atoms with Gasteiger partial charge in [-0.25, -0.2) is 9.97 Å². The number of anilines is 3. The van der Waals surface area contributed by atoms with Gasteiger partial charge in [0.15, 0.2) is 0 Å². The first-order chi connectivity index (χ1) is 11.0. The van der Waals surface area contributed by atoms with Gasteiger partial charge in [0.05, 0.1) is 15.7 Å². The zero-order valence-electron chi connectivity index (χ0n) is 13.3. The molecule has 1 unspecified atom stereocenters. The Morgan fingerprint density at radius 3 is 2.65 bits per heavy atom. The second-order valence-electron chi connectivity index (χ2n) is 6.07. The monoisotopic (exact) mass is 350 g/mol. The van der Waals surface area contributed by atoms with Crippen LogP contribution in [0.5, 0.6) is 0 Å². The number of hydrogen-bond donors (Lipinski definition) is 1. The molecule has 4 nitrogen and oxygen atoms in total. The number of rotatable bonds is 3. The number of nitrogens with one attached hydrogen (secondary N) is 1. The fraction of sp³-hybridized carbons (Fsp3) is 0.412. The number of hydrogen-bond acceptors (Lipinski definition) is 4. The molecular weight excluding hydrogens is 331 g/mol. The van der Waals surface area contributed by atoms with E-state index in [-0.39, 0.29) is 0 Å². The average molecular weight is 351 g/mol. The standard InChI is InChI=1S/C17H20Cl2N4/c1-11-5-4-8-23(10-11)16-9-15(20-12(2)21-16)22-17-13(18)6-3-7-14(17)19/h3,6-7,9,11H,4-5,8,10H2,1-2H3,(H,20,21,22). The zero-order valence-corrected chi connectivity index (χ0v) is 14.8. The molecular formula is C17H20Cl2N4. The van der Waals surface area contributed by atoms with E-state index in [2.05, 4.69) is 27.1 Å². The third kappa shape index (κ3) is 3.88. The van der Waals surface area contributed by atoms with E-state index in [0.717, 1.165) is 24.7 Å². The molecule has 1 fully saturated rings. The predicted molar refractivity (Wildman–Crippen MR) is 97.1 cm³/mol. The van der Waals surface area contributed by atoms with Gasteiger partial charge >= 0.3 is 0 Å². The third-order valence-electron chi connectivity index (χ3n) is 4.02. The number of aromatic nitrogens is 2. The van der Waals surface area contributed by atoms with Gasteiger partial charge in [-0.2, -0.15) is 0 Å². The summed E-state index contributed by atoms with van der Waals surface area (Å²) < 4.78 is 0. The summed E-state index contributed by atoms with van der Waals surface area (Å²) >= 11 is 12.5. The highest BCUT2D eigenvalue weighted by Gasteiger charge is 2.19. The molecule has 0 radical (unpaired) electrons. The summed E-state index contributed by atoms with van der Waals surface area (Å²) in [6.07, 6.45) is 2.48. The summed E-state index contributed by atoms with van der Waals surface area (Å²) in [5, 5.41) is 4.37. The molecule has 1 N–H and O–H groups in total. The van der Waals surface area contributed by atoms with Gasteiger partial charge < -0.3 is 10.2 Å². The summed E-state index contributed by atoms with van der Waals surface area (Å²) in [5.74, 6) is 3.08.